The first-order valence-corrected chi connectivity index (χ1v) is 12.9. The standard InChI is InChI=1S/C28H27N3O5S/c1-28(2,3)36-27(33)31-10-9-21-25(16-31)37-26(30-21)22(32)13-17-5-4-6-19(20(17)15-29)18-7-8-23-24(14-18)35-12-11-34-23/h4-8,14H,9-13,16H2,1-3H3. The van der Waals surface area contributed by atoms with Gasteiger partial charge in [-0.25, -0.2) is 9.78 Å². The van der Waals surface area contributed by atoms with E-state index in [1.807, 2.05) is 51.1 Å². The van der Waals surface area contributed by atoms with Crippen molar-refractivity contribution in [3.05, 3.63) is 63.1 Å². The van der Waals surface area contributed by atoms with Crippen LogP contribution in [0.5, 0.6) is 11.5 Å². The number of hydrogen-bond donors (Lipinski definition) is 0. The van der Waals surface area contributed by atoms with Crippen LogP contribution in [0.1, 0.15) is 52.3 Å². The van der Waals surface area contributed by atoms with Crippen molar-refractivity contribution in [2.45, 2.75) is 45.8 Å². The second-order valence-corrected chi connectivity index (χ2v) is 11.0. The van der Waals surface area contributed by atoms with Crippen molar-refractivity contribution in [2.75, 3.05) is 19.8 Å². The molecule has 1 aromatic heterocycles. The molecule has 0 atom stereocenters. The Morgan fingerprint density at radius 1 is 1.16 bits per heavy atom. The summed E-state index contributed by atoms with van der Waals surface area (Å²) in [5.74, 6) is 1.17. The predicted octanol–water partition coefficient (Wildman–Crippen LogP) is 5.17. The average molecular weight is 518 g/mol. The molecule has 0 bridgehead atoms. The number of carbonyl (C=O) groups excluding carboxylic acids is 2. The number of hydrogen-bond acceptors (Lipinski definition) is 8. The summed E-state index contributed by atoms with van der Waals surface area (Å²) in [5.41, 5.74) is 2.92. The molecule has 0 radical (unpaired) electrons. The van der Waals surface area contributed by atoms with Crippen molar-refractivity contribution in [2.24, 2.45) is 0 Å². The molecule has 2 aliphatic rings. The van der Waals surface area contributed by atoms with Gasteiger partial charge in [-0.05, 0) is 49.6 Å². The van der Waals surface area contributed by atoms with E-state index in [0.29, 0.717) is 60.4 Å². The highest BCUT2D eigenvalue weighted by molar-refractivity contribution is 7.13. The summed E-state index contributed by atoms with van der Waals surface area (Å²) in [6.07, 6.45) is 0.263. The van der Waals surface area contributed by atoms with E-state index in [-0.39, 0.29) is 18.3 Å². The number of Topliss-reactive ketones (excluding diaryl/α,β-unsaturated/α-hetero) is 1. The molecule has 9 heteroatoms. The Balaban J connectivity index is 1.35. The lowest BCUT2D eigenvalue weighted by Crippen LogP contribution is -2.39. The normalized spacial score (nSPS) is 14.5. The highest BCUT2D eigenvalue weighted by Crippen LogP contribution is 2.36. The fourth-order valence-electron chi connectivity index (χ4n) is 4.38. The summed E-state index contributed by atoms with van der Waals surface area (Å²) in [4.78, 5) is 32.8. The molecule has 1 amide bonds. The maximum absolute atomic E-state index is 13.2. The predicted molar refractivity (Wildman–Crippen MR) is 138 cm³/mol. The number of thiazole rings is 1. The maximum atomic E-state index is 13.2. The van der Waals surface area contributed by atoms with Gasteiger partial charge in [-0.3, -0.25) is 4.79 Å². The zero-order chi connectivity index (χ0) is 26.2. The molecule has 0 saturated heterocycles. The number of carbonyl (C=O) groups is 2. The molecule has 0 fully saturated rings. The van der Waals surface area contributed by atoms with E-state index < -0.39 is 5.60 Å². The van der Waals surface area contributed by atoms with E-state index in [1.165, 1.54) is 11.3 Å². The minimum absolute atomic E-state index is 0.0590. The highest BCUT2D eigenvalue weighted by atomic mass is 32.1. The second-order valence-electron chi connectivity index (χ2n) is 9.95. The monoisotopic (exact) mass is 517 g/mol. The van der Waals surface area contributed by atoms with Crippen molar-refractivity contribution in [1.82, 2.24) is 9.88 Å². The number of benzene rings is 2. The summed E-state index contributed by atoms with van der Waals surface area (Å²) in [7, 11) is 0. The Morgan fingerprint density at radius 2 is 1.95 bits per heavy atom. The van der Waals surface area contributed by atoms with Crippen LogP contribution in [0.4, 0.5) is 4.79 Å². The van der Waals surface area contributed by atoms with Gasteiger partial charge in [0.05, 0.1) is 17.8 Å². The van der Waals surface area contributed by atoms with Crippen LogP contribution >= 0.6 is 11.3 Å². The van der Waals surface area contributed by atoms with Gasteiger partial charge in [-0.2, -0.15) is 5.26 Å². The minimum Gasteiger partial charge on any atom is -0.486 e. The number of nitrogens with zero attached hydrogens (tertiary/aromatic N) is 3. The molecule has 0 N–H and O–H groups in total. The molecular formula is C28H27N3O5S. The Bertz CT molecular complexity index is 1420. The summed E-state index contributed by atoms with van der Waals surface area (Å²) >= 11 is 1.31. The number of aromatic nitrogens is 1. The van der Waals surface area contributed by atoms with Crippen LogP contribution in [0.25, 0.3) is 11.1 Å². The molecule has 0 aliphatic carbocycles. The number of amides is 1. The largest absolute Gasteiger partial charge is 0.486 e. The average Bonchev–Trinajstić information content (AvgIpc) is 3.31. The lowest BCUT2D eigenvalue weighted by Gasteiger charge is -2.29. The third kappa shape index (κ3) is 5.30. The Kier molecular flexibility index (Phi) is 6.61. The third-order valence-corrected chi connectivity index (χ3v) is 7.21. The van der Waals surface area contributed by atoms with Crippen LogP contribution < -0.4 is 9.47 Å². The van der Waals surface area contributed by atoms with E-state index in [0.717, 1.165) is 21.7 Å². The molecular weight excluding hydrogens is 490 g/mol. The van der Waals surface area contributed by atoms with Gasteiger partial charge in [0.2, 0.25) is 0 Å². The van der Waals surface area contributed by atoms with Crippen molar-refractivity contribution < 1.29 is 23.8 Å². The van der Waals surface area contributed by atoms with Crippen LogP contribution in [0.15, 0.2) is 36.4 Å². The molecule has 37 heavy (non-hydrogen) atoms. The zero-order valence-electron chi connectivity index (χ0n) is 21.0. The van der Waals surface area contributed by atoms with E-state index in [9.17, 15) is 14.9 Å². The van der Waals surface area contributed by atoms with Crippen molar-refractivity contribution in [3.8, 4) is 28.7 Å². The van der Waals surface area contributed by atoms with Gasteiger partial charge in [0.25, 0.3) is 0 Å². The summed E-state index contributed by atoms with van der Waals surface area (Å²) in [6, 6.07) is 13.4. The summed E-state index contributed by atoms with van der Waals surface area (Å²) < 4.78 is 16.8. The topological polar surface area (TPSA) is 102 Å². The molecule has 0 spiro atoms. The van der Waals surface area contributed by atoms with Crippen LogP contribution in [-0.4, -0.2) is 47.1 Å². The first kappa shape index (κ1) is 24.8. The van der Waals surface area contributed by atoms with Crippen LogP contribution in [0, 0.1) is 11.3 Å². The Labute approximate surface area is 219 Å². The number of fused-ring (bicyclic) bond motifs is 2. The second kappa shape index (κ2) is 9.87. The van der Waals surface area contributed by atoms with Crippen molar-refractivity contribution in [1.29, 1.82) is 5.26 Å². The van der Waals surface area contributed by atoms with Crippen molar-refractivity contribution >= 4 is 23.2 Å². The molecule has 2 aromatic carbocycles. The Morgan fingerprint density at radius 3 is 2.70 bits per heavy atom. The molecule has 0 saturated carbocycles. The molecule has 3 heterocycles. The summed E-state index contributed by atoms with van der Waals surface area (Å²) in [6.45, 7) is 7.36. The van der Waals surface area contributed by atoms with Crippen LogP contribution in [-0.2, 0) is 24.1 Å². The van der Waals surface area contributed by atoms with E-state index >= 15 is 0 Å². The van der Waals surface area contributed by atoms with E-state index in [4.69, 9.17) is 14.2 Å². The van der Waals surface area contributed by atoms with Gasteiger partial charge in [0, 0.05) is 24.3 Å². The highest BCUT2D eigenvalue weighted by Gasteiger charge is 2.29. The number of rotatable bonds is 4. The first-order chi connectivity index (χ1) is 17.7. The van der Waals surface area contributed by atoms with Gasteiger partial charge in [0.1, 0.15) is 24.9 Å². The maximum Gasteiger partial charge on any atom is 0.410 e. The van der Waals surface area contributed by atoms with E-state index in [2.05, 4.69) is 11.1 Å². The minimum atomic E-state index is -0.570. The number of ether oxygens (including phenoxy) is 3. The number of nitriles is 1. The van der Waals surface area contributed by atoms with Gasteiger partial charge in [0.15, 0.2) is 22.3 Å². The molecule has 2 aliphatic heterocycles. The van der Waals surface area contributed by atoms with E-state index in [1.54, 1.807) is 11.0 Å². The lowest BCUT2D eigenvalue weighted by atomic mass is 9.93. The van der Waals surface area contributed by atoms with Gasteiger partial charge in [-0.1, -0.05) is 24.3 Å². The summed E-state index contributed by atoms with van der Waals surface area (Å²) in [5, 5.41) is 10.4. The quantitative estimate of drug-likeness (QED) is 0.440. The SMILES string of the molecule is CC(C)(C)OC(=O)N1CCc2nc(C(=O)Cc3cccc(-c4ccc5c(c4)OCCO5)c3C#N)sc2C1. The zero-order valence-corrected chi connectivity index (χ0v) is 21.8. The number of ketones is 1. The third-order valence-electron chi connectivity index (χ3n) is 6.09. The van der Waals surface area contributed by atoms with Crippen LogP contribution in [0.2, 0.25) is 0 Å². The molecule has 8 nitrogen and oxygen atoms in total. The molecule has 0 unspecified atom stereocenters. The van der Waals surface area contributed by atoms with Crippen molar-refractivity contribution in [3.63, 3.8) is 0 Å². The lowest BCUT2D eigenvalue weighted by molar-refractivity contribution is 0.0225. The van der Waals surface area contributed by atoms with Gasteiger partial charge < -0.3 is 19.1 Å². The van der Waals surface area contributed by atoms with Gasteiger partial charge >= 0.3 is 6.09 Å². The smallest absolute Gasteiger partial charge is 0.410 e. The molecule has 5 rings (SSSR count). The van der Waals surface area contributed by atoms with Gasteiger partial charge in [-0.15, -0.1) is 11.3 Å². The first-order valence-electron chi connectivity index (χ1n) is 12.1. The molecule has 3 aromatic rings. The fourth-order valence-corrected chi connectivity index (χ4v) is 5.44. The fraction of sp³-hybridized carbons (Fsp3) is 0.357. The Hall–Kier alpha value is -3.90. The van der Waals surface area contributed by atoms with Crippen LogP contribution in [0.3, 0.4) is 0 Å². The molecule has 190 valence electrons.